The van der Waals surface area contributed by atoms with E-state index >= 15 is 0 Å². The van der Waals surface area contributed by atoms with Crippen LogP contribution in [-0.4, -0.2) is 9.98 Å². The van der Waals surface area contributed by atoms with Crippen LogP contribution in [0.1, 0.15) is 54.4 Å². The third kappa shape index (κ3) is 6.58. The van der Waals surface area contributed by atoms with Gasteiger partial charge < -0.3 is 24.8 Å². The van der Waals surface area contributed by atoms with Crippen LogP contribution in [0.15, 0.2) is 72.3 Å². The molecule has 29 heavy (non-hydrogen) atoms. The number of halogens is 2. The van der Waals surface area contributed by atoms with E-state index in [1.165, 1.54) is 12.8 Å². The minimum Gasteiger partial charge on any atom is -1.00 e. The van der Waals surface area contributed by atoms with Gasteiger partial charge in [0.15, 0.2) is 0 Å². The molecule has 1 aromatic rings. The Kier molecular flexibility index (Phi) is 10.0. The Morgan fingerprint density at radius 1 is 0.724 bits per heavy atom. The molecule has 0 radical (unpaired) electrons. The van der Waals surface area contributed by atoms with E-state index in [0.29, 0.717) is 0 Å². The fraction of sp³-hybridized carbons (Fsp3) is 0.440. The van der Waals surface area contributed by atoms with E-state index in [2.05, 4.69) is 102 Å². The van der Waals surface area contributed by atoms with Crippen LogP contribution in [0.2, 0.25) is 5.76 Å². The van der Waals surface area contributed by atoms with Gasteiger partial charge in [0.1, 0.15) is 0 Å². The van der Waals surface area contributed by atoms with Gasteiger partial charge in [-0.05, 0) is 0 Å². The van der Waals surface area contributed by atoms with Crippen LogP contribution in [0.3, 0.4) is 0 Å². The van der Waals surface area contributed by atoms with Crippen molar-refractivity contribution in [1.29, 1.82) is 0 Å². The monoisotopic (exact) mass is 568 g/mol. The molecule has 0 N–H and O–H groups in total. The van der Waals surface area contributed by atoms with Gasteiger partial charge in [-0.3, -0.25) is 0 Å². The van der Waals surface area contributed by atoms with Gasteiger partial charge in [-0.1, -0.05) is 0 Å². The molecule has 0 saturated heterocycles. The molecule has 0 atom stereocenters. The standard InChI is InChI=1S/2C9H13.C7H8Ge.2ClH.Zr/c2*1-9(2,3)8-6-4-5-7-8;1-8-7-5-3-2-4-6-7;;;/h2*6-7H,4H2,1-3H3;2-6H,1H3;2*1H;/q;;;;;+2/p-2. The average molecular weight is 569 g/mol. The molecule has 2 aliphatic rings. The molecule has 0 aliphatic heterocycles. The van der Waals surface area contributed by atoms with Gasteiger partial charge >= 0.3 is 176 Å². The number of allylic oxidation sites excluding steroid dienone is 8. The van der Waals surface area contributed by atoms with E-state index in [9.17, 15) is 0 Å². The second-order valence-corrected chi connectivity index (χ2v) is 34.6. The summed E-state index contributed by atoms with van der Waals surface area (Å²) < 4.78 is 5.42. The maximum Gasteiger partial charge on any atom is -1.00 e. The second-order valence-electron chi connectivity index (χ2n) is 9.93. The third-order valence-corrected chi connectivity index (χ3v) is 35.9. The maximum absolute atomic E-state index is 2.66. The van der Waals surface area contributed by atoms with Crippen molar-refractivity contribution in [2.45, 2.75) is 60.1 Å². The Bertz CT molecular complexity index is 839. The van der Waals surface area contributed by atoms with E-state index in [1.54, 1.807) is 15.5 Å². The van der Waals surface area contributed by atoms with Crippen molar-refractivity contribution in [2.75, 3.05) is 0 Å². The van der Waals surface area contributed by atoms with Crippen molar-refractivity contribution in [3.63, 3.8) is 0 Å². The SMILES string of the molecule is [CH3][Ge]([c]1ccccc1)=[Zr+2]([C]1=CC(C(C)(C)C)=CC1)[C]1=CC(C(C)(C)C)=CC1.[Cl-].[Cl-]. The Morgan fingerprint density at radius 2 is 1.14 bits per heavy atom. The molecule has 2 aliphatic carbocycles. The van der Waals surface area contributed by atoms with Gasteiger partial charge in [-0.15, -0.1) is 0 Å². The summed E-state index contributed by atoms with van der Waals surface area (Å²) in [6.45, 7) is 14.1. The van der Waals surface area contributed by atoms with Gasteiger partial charge in [-0.2, -0.15) is 0 Å². The number of hydrogen-bond donors (Lipinski definition) is 0. The summed E-state index contributed by atoms with van der Waals surface area (Å²) in [6.07, 6.45) is 12.8. The molecule has 4 heteroatoms. The Balaban J connectivity index is 0.00000210. The Morgan fingerprint density at radius 3 is 1.48 bits per heavy atom. The number of hydrogen-bond acceptors (Lipinski definition) is 0. The molecule has 0 aromatic heterocycles. The van der Waals surface area contributed by atoms with Crippen LogP contribution in [0, 0.1) is 10.8 Å². The zero-order chi connectivity index (χ0) is 19.8. The summed E-state index contributed by atoms with van der Waals surface area (Å²) in [7, 11) is -1.28. The summed E-state index contributed by atoms with van der Waals surface area (Å²) in [4.78, 5) is 0. The first kappa shape index (κ1) is 27.2. The summed E-state index contributed by atoms with van der Waals surface area (Å²) in [5.41, 5.74) is 3.68. The van der Waals surface area contributed by atoms with E-state index in [0.717, 1.165) is 0 Å². The molecule has 0 amide bonds. The molecular weight excluding hydrogens is 535 g/mol. The smallest absolute Gasteiger partial charge is 1.00 e. The average Bonchev–Trinajstić information content (AvgIpc) is 3.25. The van der Waals surface area contributed by atoms with Crippen molar-refractivity contribution < 1.29 is 43.4 Å². The zero-order valence-corrected chi connectivity index (χ0v) is 24.9. The fourth-order valence-corrected chi connectivity index (χ4v) is 34.5. The third-order valence-electron chi connectivity index (χ3n) is 5.70. The molecule has 0 unspecified atom stereocenters. The molecule has 0 nitrogen and oxygen atoms in total. The molecule has 0 heterocycles. The van der Waals surface area contributed by atoms with E-state index in [4.69, 9.17) is 0 Å². The van der Waals surface area contributed by atoms with Crippen molar-refractivity contribution in [3.05, 3.63) is 72.3 Å². The summed E-state index contributed by atoms with van der Waals surface area (Å²) in [5.74, 6) is 2.66. The molecular formula is C25H34Cl2GeZr. The van der Waals surface area contributed by atoms with Gasteiger partial charge in [0, 0.05) is 0 Å². The zero-order valence-electron chi connectivity index (χ0n) is 18.9. The molecule has 1 aromatic carbocycles. The second kappa shape index (κ2) is 10.7. The first-order valence-corrected chi connectivity index (χ1v) is 23.2. The Labute approximate surface area is 199 Å². The normalized spacial score (nSPS) is 15.8. The van der Waals surface area contributed by atoms with Gasteiger partial charge in [0.25, 0.3) is 0 Å². The summed E-state index contributed by atoms with van der Waals surface area (Å²) in [5, 5.41) is 0. The molecule has 0 bridgehead atoms. The van der Waals surface area contributed by atoms with Crippen LogP contribution < -0.4 is 29.2 Å². The quantitative estimate of drug-likeness (QED) is 0.470. The van der Waals surface area contributed by atoms with Gasteiger partial charge in [-0.25, -0.2) is 0 Å². The predicted octanol–water partition coefficient (Wildman–Crippen LogP) is 0.661. The van der Waals surface area contributed by atoms with Crippen molar-refractivity contribution in [1.82, 2.24) is 0 Å². The van der Waals surface area contributed by atoms with Crippen LogP contribution in [0.4, 0.5) is 0 Å². The summed E-state index contributed by atoms with van der Waals surface area (Å²) in [6, 6.07) is 11.5. The fourth-order valence-electron chi connectivity index (χ4n) is 3.97. The first-order valence-electron chi connectivity index (χ1n) is 10.2. The van der Waals surface area contributed by atoms with Gasteiger partial charge in [0.05, 0.1) is 0 Å². The number of benzene rings is 1. The van der Waals surface area contributed by atoms with E-state index in [1.807, 2.05) is 6.56 Å². The largest absolute Gasteiger partial charge is 1.00 e. The summed E-state index contributed by atoms with van der Waals surface area (Å²) >= 11 is -1.82. The minimum atomic E-state index is -1.82. The molecule has 0 saturated carbocycles. The maximum atomic E-state index is 2.66. The topological polar surface area (TPSA) is 0 Å². The minimum absolute atomic E-state index is 0. The molecule has 0 spiro atoms. The van der Waals surface area contributed by atoms with Crippen LogP contribution in [-0.2, 0) is 18.6 Å². The van der Waals surface area contributed by atoms with Crippen LogP contribution >= 0.6 is 0 Å². The Hall–Kier alpha value is 0.186. The van der Waals surface area contributed by atoms with Crippen molar-refractivity contribution in [2.24, 2.45) is 10.8 Å². The van der Waals surface area contributed by atoms with Crippen molar-refractivity contribution in [3.8, 4) is 0 Å². The molecule has 0 fully saturated rings. The molecule has 156 valence electrons. The van der Waals surface area contributed by atoms with Gasteiger partial charge in [0.2, 0.25) is 0 Å². The van der Waals surface area contributed by atoms with E-state index < -0.39 is 28.6 Å². The predicted molar refractivity (Wildman–Crippen MR) is 118 cm³/mol. The molecule has 3 rings (SSSR count). The van der Waals surface area contributed by atoms with Crippen LogP contribution in [0.25, 0.3) is 0 Å². The van der Waals surface area contributed by atoms with E-state index in [-0.39, 0.29) is 35.6 Å². The first-order chi connectivity index (χ1) is 12.6. The van der Waals surface area contributed by atoms with Crippen LogP contribution in [0.5, 0.6) is 0 Å². The van der Waals surface area contributed by atoms with Crippen molar-refractivity contribution >= 4 is 14.4 Å². The number of rotatable bonds is 3.